The molecule has 82 valence electrons. The standard InChI is InChI=1S/C11H14N2.C2H6/c1-9-3-5-10(6-4-9)11-12-7-8-13(11)2;1-2/h3-6H,7-8H2,1-2H3;1-2H3. The summed E-state index contributed by atoms with van der Waals surface area (Å²) in [6, 6.07) is 8.53. The van der Waals surface area contributed by atoms with Crippen molar-refractivity contribution < 1.29 is 0 Å². The van der Waals surface area contributed by atoms with Crippen LogP contribution in [-0.4, -0.2) is 30.9 Å². The van der Waals surface area contributed by atoms with Crippen molar-refractivity contribution in [2.45, 2.75) is 20.8 Å². The minimum absolute atomic E-state index is 0.930. The Morgan fingerprint density at radius 1 is 1.13 bits per heavy atom. The molecule has 1 aliphatic heterocycles. The number of hydrogen-bond acceptors (Lipinski definition) is 2. The van der Waals surface area contributed by atoms with E-state index >= 15 is 0 Å². The molecular weight excluding hydrogens is 184 g/mol. The van der Waals surface area contributed by atoms with Crippen molar-refractivity contribution in [3.8, 4) is 0 Å². The Labute approximate surface area is 92.6 Å². The molecule has 1 heterocycles. The number of aliphatic imine (C=N–C) groups is 1. The van der Waals surface area contributed by atoms with Gasteiger partial charge in [-0.2, -0.15) is 0 Å². The molecule has 2 nitrogen and oxygen atoms in total. The van der Waals surface area contributed by atoms with Crippen LogP contribution >= 0.6 is 0 Å². The smallest absolute Gasteiger partial charge is 0.130 e. The molecule has 2 rings (SSSR count). The van der Waals surface area contributed by atoms with Gasteiger partial charge < -0.3 is 4.90 Å². The molecule has 0 saturated carbocycles. The van der Waals surface area contributed by atoms with Gasteiger partial charge in [0.25, 0.3) is 0 Å². The molecule has 0 fully saturated rings. The average Bonchev–Trinajstić information content (AvgIpc) is 2.69. The van der Waals surface area contributed by atoms with Gasteiger partial charge in [0.1, 0.15) is 5.84 Å². The van der Waals surface area contributed by atoms with Crippen molar-refractivity contribution in [1.82, 2.24) is 4.90 Å². The third kappa shape index (κ3) is 2.82. The highest BCUT2D eigenvalue weighted by molar-refractivity contribution is 5.99. The zero-order valence-electron chi connectivity index (χ0n) is 10.1. The first-order chi connectivity index (χ1) is 7.27. The molecule has 0 amide bonds. The van der Waals surface area contributed by atoms with Crippen LogP contribution in [0.15, 0.2) is 29.3 Å². The zero-order chi connectivity index (χ0) is 11.3. The van der Waals surface area contributed by atoms with E-state index in [1.807, 2.05) is 13.8 Å². The molecule has 0 aromatic heterocycles. The van der Waals surface area contributed by atoms with Gasteiger partial charge in [-0.3, -0.25) is 4.99 Å². The summed E-state index contributed by atoms with van der Waals surface area (Å²) in [7, 11) is 2.09. The molecule has 0 unspecified atom stereocenters. The van der Waals surface area contributed by atoms with Crippen molar-refractivity contribution in [2.75, 3.05) is 20.1 Å². The van der Waals surface area contributed by atoms with Crippen molar-refractivity contribution in [2.24, 2.45) is 4.99 Å². The molecule has 1 aromatic rings. The molecule has 0 N–H and O–H groups in total. The summed E-state index contributed by atoms with van der Waals surface area (Å²) in [6.45, 7) is 8.08. The van der Waals surface area contributed by atoms with Crippen LogP contribution in [-0.2, 0) is 0 Å². The summed E-state index contributed by atoms with van der Waals surface area (Å²) in [4.78, 5) is 6.66. The van der Waals surface area contributed by atoms with Gasteiger partial charge in [0.05, 0.1) is 6.54 Å². The van der Waals surface area contributed by atoms with E-state index in [4.69, 9.17) is 0 Å². The summed E-state index contributed by atoms with van der Waals surface area (Å²) in [6.07, 6.45) is 0. The summed E-state index contributed by atoms with van der Waals surface area (Å²) in [5, 5.41) is 0. The first-order valence-corrected chi connectivity index (χ1v) is 5.60. The Hall–Kier alpha value is -1.31. The zero-order valence-corrected chi connectivity index (χ0v) is 10.1. The van der Waals surface area contributed by atoms with Crippen molar-refractivity contribution in [1.29, 1.82) is 0 Å². The number of benzene rings is 1. The van der Waals surface area contributed by atoms with Crippen LogP contribution in [0.2, 0.25) is 0 Å². The maximum Gasteiger partial charge on any atom is 0.130 e. The molecule has 2 heteroatoms. The molecule has 0 spiro atoms. The van der Waals surface area contributed by atoms with E-state index < -0.39 is 0 Å². The highest BCUT2D eigenvalue weighted by atomic mass is 15.2. The minimum Gasteiger partial charge on any atom is -0.358 e. The van der Waals surface area contributed by atoms with Crippen LogP contribution in [0.3, 0.4) is 0 Å². The lowest BCUT2D eigenvalue weighted by atomic mass is 10.1. The van der Waals surface area contributed by atoms with E-state index in [0.29, 0.717) is 0 Å². The predicted octanol–water partition coefficient (Wildman–Crippen LogP) is 2.71. The van der Waals surface area contributed by atoms with E-state index in [1.165, 1.54) is 11.1 Å². The van der Waals surface area contributed by atoms with Crippen molar-refractivity contribution >= 4 is 5.84 Å². The number of rotatable bonds is 1. The quantitative estimate of drug-likeness (QED) is 0.686. The minimum atomic E-state index is 0.930. The first kappa shape index (κ1) is 11.8. The lowest BCUT2D eigenvalue weighted by Crippen LogP contribution is -2.23. The molecule has 0 atom stereocenters. The first-order valence-electron chi connectivity index (χ1n) is 5.60. The lowest BCUT2D eigenvalue weighted by Gasteiger charge is -2.13. The second-order valence-electron chi connectivity index (χ2n) is 3.49. The molecule has 0 radical (unpaired) electrons. The van der Waals surface area contributed by atoms with E-state index in [1.54, 1.807) is 0 Å². The fraction of sp³-hybridized carbons (Fsp3) is 0.462. The van der Waals surface area contributed by atoms with Gasteiger partial charge in [-0.25, -0.2) is 0 Å². The van der Waals surface area contributed by atoms with Crippen LogP contribution < -0.4 is 0 Å². The molecular formula is C13H20N2. The third-order valence-corrected chi connectivity index (χ3v) is 2.37. The number of aryl methyl sites for hydroxylation is 1. The lowest BCUT2D eigenvalue weighted by molar-refractivity contribution is 0.557. The number of amidine groups is 1. The van der Waals surface area contributed by atoms with Crippen LogP contribution in [0.4, 0.5) is 0 Å². The Bertz CT molecular complexity index is 325. The molecule has 15 heavy (non-hydrogen) atoms. The maximum absolute atomic E-state index is 4.46. The molecule has 1 aliphatic rings. The van der Waals surface area contributed by atoms with Gasteiger partial charge in [0.15, 0.2) is 0 Å². The number of hydrogen-bond donors (Lipinski definition) is 0. The van der Waals surface area contributed by atoms with Gasteiger partial charge in [0, 0.05) is 19.2 Å². The predicted molar refractivity (Wildman–Crippen MR) is 66.6 cm³/mol. The second kappa shape index (κ2) is 5.54. The molecule has 0 bridgehead atoms. The molecule has 0 aliphatic carbocycles. The Balaban J connectivity index is 0.000000531. The SMILES string of the molecule is CC.Cc1ccc(C2=NCCN2C)cc1. The fourth-order valence-corrected chi connectivity index (χ4v) is 1.55. The summed E-state index contributed by atoms with van der Waals surface area (Å²) in [5.74, 6) is 1.13. The van der Waals surface area contributed by atoms with Crippen LogP contribution in [0.5, 0.6) is 0 Å². The molecule has 1 aromatic carbocycles. The highest BCUT2D eigenvalue weighted by Gasteiger charge is 2.13. The number of nitrogens with zero attached hydrogens (tertiary/aromatic N) is 2. The van der Waals surface area contributed by atoms with Crippen molar-refractivity contribution in [3.63, 3.8) is 0 Å². The Kier molecular flexibility index (Phi) is 4.35. The Morgan fingerprint density at radius 2 is 1.73 bits per heavy atom. The third-order valence-electron chi connectivity index (χ3n) is 2.37. The number of likely N-dealkylation sites (N-methyl/N-ethyl adjacent to an activating group) is 1. The van der Waals surface area contributed by atoms with Gasteiger partial charge in [-0.1, -0.05) is 43.7 Å². The van der Waals surface area contributed by atoms with Gasteiger partial charge in [-0.05, 0) is 6.92 Å². The summed E-state index contributed by atoms with van der Waals surface area (Å²) in [5.41, 5.74) is 2.52. The van der Waals surface area contributed by atoms with Crippen LogP contribution in [0.25, 0.3) is 0 Å². The largest absolute Gasteiger partial charge is 0.358 e. The normalized spacial score (nSPS) is 14.4. The summed E-state index contributed by atoms with van der Waals surface area (Å²) >= 11 is 0. The van der Waals surface area contributed by atoms with Crippen molar-refractivity contribution in [3.05, 3.63) is 35.4 Å². The van der Waals surface area contributed by atoms with E-state index in [9.17, 15) is 0 Å². The fourth-order valence-electron chi connectivity index (χ4n) is 1.55. The monoisotopic (exact) mass is 204 g/mol. The Morgan fingerprint density at radius 3 is 2.20 bits per heavy atom. The average molecular weight is 204 g/mol. The van der Waals surface area contributed by atoms with Crippen LogP contribution in [0.1, 0.15) is 25.0 Å². The van der Waals surface area contributed by atoms with Gasteiger partial charge in [0.2, 0.25) is 0 Å². The second-order valence-corrected chi connectivity index (χ2v) is 3.49. The van der Waals surface area contributed by atoms with E-state index in [-0.39, 0.29) is 0 Å². The summed E-state index contributed by atoms with van der Waals surface area (Å²) < 4.78 is 0. The maximum atomic E-state index is 4.46. The van der Waals surface area contributed by atoms with Gasteiger partial charge >= 0.3 is 0 Å². The van der Waals surface area contributed by atoms with Gasteiger partial charge in [-0.15, -0.1) is 0 Å². The van der Waals surface area contributed by atoms with E-state index in [2.05, 4.69) is 48.1 Å². The molecule has 0 saturated heterocycles. The highest BCUT2D eigenvalue weighted by Crippen LogP contribution is 2.10. The van der Waals surface area contributed by atoms with Crippen LogP contribution in [0, 0.1) is 6.92 Å². The van der Waals surface area contributed by atoms with E-state index in [0.717, 1.165) is 18.9 Å². The topological polar surface area (TPSA) is 15.6 Å².